The summed E-state index contributed by atoms with van der Waals surface area (Å²) >= 11 is 4.49. The van der Waals surface area contributed by atoms with Crippen LogP contribution in [0.2, 0.25) is 0 Å². The summed E-state index contributed by atoms with van der Waals surface area (Å²) in [6, 6.07) is 6.41. The number of thiol groups is 1. The van der Waals surface area contributed by atoms with Crippen molar-refractivity contribution in [2.24, 2.45) is 0 Å². The fourth-order valence-electron chi connectivity index (χ4n) is 3.22. The van der Waals surface area contributed by atoms with Gasteiger partial charge in [-0.05, 0) is 66.1 Å². The molecule has 0 aliphatic rings. The van der Waals surface area contributed by atoms with Gasteiger partial charge >= 0.3 is 0 Å². The van der Waals surface area contributed by atoms with Gasteiger partial charge in [0, 0.05) is 11.3 Å². The lowest BCUT2D eigenvalue weighted by Gasteiger charge is -2.19. The van der Waals surface area contributed by atoms with E-state index in [1.165, 1.54) is 16.5 Å². The Bertz CT molecular complexity index is 760. The Morgan fingerprint density at radius 3 is 2.54 bits per heavy atom. The molecular weight excluding hydrogens is 316 g/mol. The first-order valence-electron chi connectivity index (χ1n) is 8.55. The smallest absolute Gasteiger partial charge is 0.123 e. The van der Waals surface area contributed by atoms with Gasteiger partial charge < -0.3 is 10.2 Å². The Labute approximate surface area is 150 Å². The molecule has 0 saturated carbocycles. The molecule has 0 aromatic heterocycles. The number of aryl methyl sites for hydroxylation is 2. The summed E-state index contributed by atoms with van der Waals surface area (Å²) in [6.07, 6.45) is 3.85. The molecule has 0 unspecified atom stereocenters. The van der Waals surface area contributed by atoms with E-state index in [-0.39, 0.29) is 12.5 Å². The number of allylic oxidation sites excluding steroid dienone is 1. The van der Waals surface area contributed by atoms with Crippen LogP contribution in [0.5, 0.6) is 5.75 Å². The second-order valence-electron chi connectivity index (χ2n) is 6.81. The van der Waals surface area contributed by atoms with Crippen molar-refractivity contribution >= 4 is 23.4 Å². The normalized spacial score (nSPS) is 12.4. The molecule has 0 atom stereocenters. The van der Waals surface area contributed by atoms with Crippen LogP contribution in [-0.4, -0.2) is 16.8 Å². The van der Waals surface area contributed by atoms with Gasteiger partial charge in [0.15, 0.2) is 0 Å². The quantitative estimate of drug-likeness (QED) is 0.493. The van der Waals surface area contributed by atoms with E-state index in [0.717, 1.165) is 34.9 Å². The zero-order valence-corrected chi connectivity index (χ0v) is 16.0. The zero-order chi connectivity index (χ0) is 17.9. The van der Waals surface area contributed by atoms with E-state index in [4.69, 9.17) is 5.11 Å². The van der Waals surface area contributed by atoms with Gasteiger partial charge in [-0.15, -0.1) is 0 Å². The lowest BCUT2D eigenvalue weighted by molar-refractivity contribution is 0.331. The number of benzene rings is 2. The number of hydrogen-bond donors (Lipinski definition) is 3. The van der Waals surface area contributed by atoms with Crippen LogP contribution in [0.1, 0.15) is 55.4 Å². The topological polar surface area (TPSA) is 40.5 Å². The maximum absolute atomic E-state index is 10.7. The summed E-state index contributed by atoms with van der Waals surface area (Å²) < 4.78 is 0. The molecular formula is C21H28O2S. The van der Waals surface area contributed by atoms with Crippen LogP contribution in [-0.2, 0) is 12.2 Å². The fourth-order valence-corrected chi connectivity index (χ4v) is 3.53. The molecule has 130 valence electrons. The molecule has 2 aromatic carbocycles. The second-order valence-corrected chi connectivity index (χ2v) is 7.13. The predicted octanol–water partition coefficient (Wildman–Crippen LogP) is 5.28. The second kappa shape index (κ2) is 8.09. The lowest BCUT2D eigenvalue weighted by atomic mass is 9.88. The number of phenolic OH excluding ortho intramolecular Hbond substituents is 1. The molecule has 2 N–H and O–H groups in total. The highest BCUT2D eigenvalue weighted by Crippen LogP contribution is 2.39. The van der Waals surface area contributed by atoms with E-state index in [1.807, 2.05) is 6.92 Å². The van der Waals surface area contributed by atoms with Crippen molar-refractivity contribution in [1.82, 2.24) is 0 Å². The lowest BCUT2D eigenvalue weighted by Crippen LogP contribution is -1.99. The summed E-state index contributed by atoms with van der Waals surface area (Å²) in [5.41, 5.74) is 5.41. The van der Waals surface area contributed by atoms with Crippen LogP contribution in [0.15, 0.2) is 29.8 Å². The predicted molar refractivity (Wildman–Crippen MR) is 106 cm³/mol. The van der Waals surface area contributed by atoms with Crippen molar-refractivity contribution in [1.29, 1.82) is 0 Å². The van der Waals surface area contributed by atoms with Crippen LogP contribution in [0.4, 0.5) is 0 Å². The number of phenols is 1. The molecule has 0 saturated heterocycles. The summed E-state index contributed by atoms with van der Waals surface area (Å²) in [7, 11) is 0. The van der Waals surface area contributed by atoms with Gasteiger partial charge in [-0.3, -0.25) is 0 Å². The molecule has 0 fully saturated rings. The first-order chi connectivity index (χ1) is 11.4. The molecule has 3 heteroatoms. The number of aromatic hydroxyl groups is 1. The third kappa shape index (κ3) is 3.79. The van der Waals surface area contributed by atoms with Crippen molar-refractivity contribution in [3.63, 3.8) is 0 Å². The van der Waals surface area contributed by atoms with Crippen molar-refractivity contribution in [3.05, 3.63) is 52.1 Å². The SMILES string of the molecule is C/C(=C\CCc1c(C)ccc2cc(C(C)C)c(O)c(CS)c12)CO. The van der Waals surface area contributed by atoms with E-state index < -0.39 is 0 Å². The first-order valence-corrected chi connectivity index (χ1v) is 9.18. The molecule has 0 amide bonds. The summed E-state index contributed by atoms with van der Waals surface area (Å²) in [5.74, 6) is 1.18. The van der Waals surface area contributed by atoms with E-state index in [0.29, 0.717) is 11.5 Å². The molecule has 0 aliphatic heterocycles. The third-order valence-corrected chi connectivity index (χ3v) is 4.98. The minimum atomic E-state index is 0.106. The van der Waals surface area contributed by atoms with E-state index in [2.05, 4.69) is 57.7 Å². The molecule has 24 heavy (non-hydrogen) atoms. The average molecular weight is 345 g/mol. The molecule has 0 bridgehead atoms. The minimum absolute atomic E-state index is 0.106. The van der Waals surface area contributed by atoms with Gasteiger partial charge in [0.05, 0.1) is 6.61 Å². The molecule has 0 spiro atoms. The third-order valence-electron chi connectivity index (χ3n) is 4.67. The number of rotatable bonds is 6. The number of aliphatic hydroxyl groups excluding tert-OH is 1. The largest absolute Gasteiger partial charge is 0.507 e. The summed E-state index contributed by atoms with van der Waals surface area (Å²) in [4.78, 5) is 0. The van der Waals surface area contributed by atoms with E-state index in [9.17, 15) is 5.11 Å². The van der Waals surface area contributed by atoms with Crippen LogP contribution < -0.4 is 0 Å². The number of aliphatic hydroxyl groups is 1. The maximum atomic E-state index is 10.7. The highest BCUT2D eigenvalue weighted by Gasteiger charge is 2.17. The van der Waals surface area contributed by atoms with E-state index in [1.54, 1.807) is 0 Å². The van der Waals surface area contributed by atoms with Crippen molar-refractivity contribution in [2.45, 2.75) is 52.2 Å². The van der Waals surface area contributed by atoms with Crippen molar-refractivity contribution in [2.75, 3.05) is 6.61 Å². The summed E-state index contributed by atoms with van der Waals surface area (Å²) in [6.45, 7) is 8.36. The Morgan fingerprint density at radius 1 is 1.25 bits per heavy atom. The van der Waals surface area contributed by atoms with Gasteiger partial charge in [0.2, 0.25) is 0 Å². The Kier molecular flexibility index (Phi) is 6.36. The number of fused-ring (bicyclic) bond motifs is 1. The van der Waals surface area contributed by atoms with Crippen LogP contribution >= 0.6 is 12.6 Å². The first kappa shape index (κ1) is 18.9. The highest BCUT2D eigenvalue weighted by atomic mass is 32.1. The van der Waals surface area contributed by atoms with Crippen molar-refractivity contribution < 1.29 is 10.2 Å². The zero-order valence-electron chi connectivity index (χ0n) is 15.1. The van der Waals surface area contributed by atoms with Gasteiger partial charge in [-0.2, -0.15) is 12.6 Å². The minimum Gasteiger partial charge on any atom is -0.507 e. The Morgan fingerprint density at radius 2 is 1.96 bits per heavy atom. The monoisotopic (exact) mass is 344 g/mol. The van der Waals surface area contributed by atoms with Gasteiger partial charge in [-0.25, -0.2) is 0 Å². The van der Waals surface area contributed by atoms with Gasteiger partial charge in [0.1, 0.15) is 5.75 Å². The number of hydrogen-bond acceptors (Lipinski definition) is 3. The fraction of sp³-hybridized carbons (Fsp3) is 0.429. The molecule has 0 radical (unpaired) electrons. The van der Waals surface area contributed by atoms with Crippen LogP contribution in [0.25, 0.3) is 10.8 Å². The maximum Gasteiger partial charge on any atom is 0.123 e. The molecule has 2 nitrogen and oxygen atoms in total. The molecule has 0 heterocycles. The van der Waals surface area contributed by atoms with E-state index >= 15 is 0 Å². The molecule has 2 aromatic rings. The molecule has 0 aliphatic carbocycles. The summed E-state index contributed by atoms with van der Waals surface area (Å²) in [5, 5.41) is 22.2. The van der Waals surface area contributed by atoms with Crippen LogP contribution in [0, 0.1) is 6.92 Å². The standard InChI is InChI=1S/C21H28O2S/c1-13(2)18-10-16-9-8-15(4)17(7-5-6-14(3)11-22)20(16)19(12-24)21(18)23/h6,8-10,13,22-24H,5,7,11-12H2,1-4H3/b14-6+. The Balaban J connectivity index is 2.62. The highest BCUT2D eigenvalue weighted by molar-refractivity contribution is 7.79. The van der Waals surface area contributed by atoms with Gasteiger partial charge in [0.25, 0.3) is 0 Å². The molecule has 2 rings (SSSR count). The van der Waals surface area contributed by atoms with Gasteiger partial charge in [-0.1, -0.05) is 37.6 Å². The Hall–Kier alpha value is -1.45. The average Bonchev–Trinajstić information content (AvgIpc) is 2.56. The van der Waals surface area contributed by atoms with Crippen molar-refractivity contribution in [3.8, 4) is 5.75 Å². The van der Waals surface area contributed by atoms with Crippen LogP contribution in [0.3, 0.4) is 0 Å².